The van der Waals surface area contributed by atoms with Crippen LogP contribution in [0.5, 0.6) is 0 Å². The zero-order chi connectivity index (χ0) is 61.4. The average Bonchev–Trinajstić information content (AvgIpc) is 3.75. The van der Waals surface area contributed by atoms with E-state index in [-0.39, 0.29) is 40.0 Å². The number of carbonyl (C=O) groups is 2. The number of imide groups is 1. The molecule has 5 aromatic heterocycles. The lowest BCUT2D eigenvalue weighted by molar-refractivity contribution is -0.121. The molecule has 0 spiro atoms. The summed E-state index contributed by atoms with van der Waals surface area (Å²) in [6.07, 6.45) is 8.01. The monoisotopic (exact) mass is 1260 g/mol. The molecule has 28 heteroatoms. The van der Waals surface area contributed by atoms with Gasteiger partial charge in [-0.05, 0) is 119 Å². The van der Waals surface area contributed by atoms with Crippen LogP contribution in [0.1, 0.15) is 41.8 Å². The molecule has 0 aliphatic carbocycles. The van der Waals surface area contributed by atoms with Crippen molar-refractivity contribution in [1.29, 1.82) is 0 Å². The second-order valence-corrected chi connectivity index (χ2v) is 26.3. The zero-order valence-corrected chi connectivity index (χ0v) is 48.8. The smallest absolute Gasteiger partial charge is 0.294 e. The van der Waals surface area contributed by atoms with E-state index in [1.807, 2.05) is 6.07 Å². The lowest BCUT2D eigenvalue weighted by Crippen LogP contribution is -2.31. The molecule has 0 radical (unpaired) electrons. The minimum absolute atomic E-state index is 0.0431. The van der Waals surface area contributed by atoms with Crippen LogP contribution >= 0.6 is 11.8 Å². The van der Waals surface area contributed by atoms with Crippen LogP contribution < -0.4 is 10.2 Å². The highest BCUT2D eigenvalue weighted by Crippen LogP contribution is 2.41. The number of rotatable bonds is 15. The van der Waals surface area contributed by atoms with Crippen LogP contribution in [0.25, 0.3) is 102 Å². The maximum absolute atomic E-state index is 14.1. The SMILES string of the molecule is O=C1CC(SCCNc2ncnc3c2ncn3[C@H]2C[C@H](O)[C@@H](CO)O2)C(=O)N1c1ccc(-c2c3nc(c(-c4ccc(S(=O)(=O)O)cc4)c4ccc([nH]4)c(-c4ccc(S(=O)(=O)O)cc4)c4nc(c(-c5ccc(S(=O)(=O)O)cc5)c5ccc2[nH]5)C=C4)C=C3)cc1. The number of nitrogens with zero attached hydrogens (tertiary/aromatic N) is 7. The summed E-state index contributed by atoms with van der Waals surface area (Å²) >= 11 is 1.32. The van der Waals surface area contributed by atoms with Crippen molar-refractivity contribution >= 4 is 123 Å². The lowest BCUT2D eigenvalue weighted by Gasteiger charge is -2.16. The summed E-state index contributed by atoms with van der Waals surface area (Å²) in [5.41, 5.74) is 9.01. The van der Waals surface area contributed by atoms with Gasteiger partial charge in [0.25, 0.3) is 30.4 Å². The summed E-state index contributed by atoms with van der Waals surface area (Å²) in [4.78, 5) is 58.6. The Kier molecular flexibility index (Phi) is 14.9. The van der Waals surface area contributed by atoms with Gasteiger partial charge < -0.3 is 30.2 Å². The van der Waals surface area contributed by atoms with E-state index in [2.05, 4.69) is 30.2 Å². The van der Waals surface area contributed by atoms with Crippen LogP contribution in [0.4, 0.5) is 11.5 Å². The van der Waals surface area contributed by atoms with Gasteiger partial charge in [-0.25, -0.2) is 29.8 Å². The molecule has 4 aliphatic rings. The zero-order valence-electron chi connectivity index (χ0n) is 45.5. The van der Waals surface area contributed by atoms with Crippen LogP contribution in [0.3, 0.4) is 0 Å². The number of aliphatic hydroxyl groups is 2. The fourth-order valence-electron chi connectivity index (χ4n) is 11.2. The first kappa shape index (κ1) is 58.0. The van der Waals surface area contributed by atoms with E-state index < -0.39 is 59.9 Å². The number of aromatic nitrogens is 8. The molecule has 9 heterocycles. The molecule has 4 aliphatic heterocycles. The number of nitrogens with one attached hydrogen (secondary N) is 3. The third-order valence-electron chi connectivity index (χ3n) is 15.4. The molecule has 1 unspecified atom stereocenters. The predicted octanol–water partition coefficient (Wildman–Crippen LogP) is 8.32. The van der Waals surface area contributed by atoms with Crippen molar-refractivity contribution in [1.82, 2.24) is 39.5 Å². The molecular weight excluding hydrogens is 1210 g/mol. The molecule has 4 atom stereocenters. The van der Waals surface area contributed by atoms with Gasteiger partial charge in [0.05, 0.1) is 67.4 Å². The Hall–Kier alpha value is -9.07. The second-order valence-electron chi connectivity index (χ2n) is 20.8. The summed E-state index contributed by atoms with van der Waals surface area (Å²) in [5, 5.41) is 22.4. The topological polar surface area (TPSA) is 363 Å². The summed E-state index contributed by atoms with van der Waals surface area (Å²) in [6, 6.07) is 30.8. The Morgan fingerprint density at radius 1 is 0.591 bits per heavy atom. The Morgan fingerprint density at radius 3 is 1.43 bits per heavy atom. The quantitative estimate of drug-likeness (QED) is 0.0271. The molecule has 2 saturated heterocycles. The van der Waals surface area contributed by atoms with Crippen LogP contribution in [0.15, 0.2) is 149 Å². The van der Waals surface area contributed by atoms with E-state index >= 15 is 0 Å². The fraction of sp³-hybridized carbons (Fsp3) is 0.150. The van der Waals surface area contributed by atoms with E-state index in [9.17, 15) is 58.7 Å². The maximum Gasteiger partial charge on any atom is 0.294 e. The Labute approximate surface area is 504 Å². The van der Waals surface area contributed by atoms with Crippen molar-refractivity contribution < 1.29 is 63.5 Å². The maximum atomic E-state index is 14.1. The van der Waals surface area contributed by atoms with Gasteiger partial charge in [0.15, 0.2) is 17.0 Å². The first-order valence-corrected chi connectivity index (χ1v) is 32.4. The molecule has 4 aromatic carbocycles. The number of H-pyrrole nitrogens is 2. The first-order valence-electron chi connectivity index (χ1n) is 27.0. The molecule has 2 fully saturated rings. The molecule has 24 nitrogen and oxygen atoms in total. The molecule has 9 aromatic rings. The molecule has 8 N–H and O–H groups in total. The summed E-state index contributed by atoms with van der Waals surface area (Å²) in [7, 11) is -13.7. The Balaban J connectivity index is 0.892. The van der Waals surface area contributed by atoms with Crippen molar-refractivity contribution in [3.63, 3.8) is 0 Å². The van der Waals surface area contributed by atoms with Crippen molar-refractivity contribution in [2.24, 2.45) is 0 Å². The number of ether oxygens (including phenoxy) is 1. The highest BCUT2D eigenvalue weighted by Gasteiger charge is 2.40. The molecule has 2 amide bonds. The number of anilines is 2. The second kappa shape index (κ2) is 22.6. The van der Waals surface area contributed by atoms with Gasteiger partial charge in [0.1, 0.15) is 18.7 Å². The molecular formula is C60H48N10O14S4. The largest absolute Gasteiger partial charge is 0.394 e. The van der Waals surface area contributed by atoms with Crippen LogP contribution in [-0.2, 0) is 44.7 Å². The van der Waals surface area contributed by atoms with E-state index in [1.54, 1.807) is 71.3 Å². The third kappa shape index (κ3) is 11.0. The number of carbonyl (C=O) groups excluding carboxylic acids is 2. The van der Waals surface area contributed by atoms with Crippen LogP contribution in [-0.4, -0.2) is 137 Å². The standard InChI is InChI=1S/C60H48N10O14S4/c71-29-49-48(72)27-52(84-49)69-31-64-57-58(62-30-63-59(57)69)61-25-26-85-50-28-51(73)70(60(50)74)36-9-1-32(2-10-36)53-40-17-19-42(65-40)54(33-3-11-37(12-4-33)86(75,76)77)44-21-23-46(67-44)56(35-7-15-39(16-8-35)88(81,82)83)47-24-22-45(68-47)55(43-20-18-41(53)66-43)34-5-13-38(14-6-34)87(78,79)80/h1-24,30-31,48-50,52,65,68,71-72H,25-29H2,(H,61,62,63)(H,75,76,77)(H,78,79,80)(H,81,82,83)/t48-,49+,50?,52+/m0/s1. The number of amides is 2. The molecule has 13 rings (SSSR count). The molecule has 8 bridgehead atoms. The average molecular weight is 1260 g/mol. The normalized spacial score (nSPS) is 17.9. The Morgan fingerprint density at radius 2 is 1.02 bits per heavy atom. The van der Waals surface area contributed by atoms with Crippen molar-refractivity contribution in [2.45, 2.75) is 51.2 Å². The minimum atomic E-state index is -4.58. The van der Waals surface area contributed by atoms with Crippen LogP contribution in [0.2, 0.25) is 0 Å². The number of aromatic amines is 2. The number of benzene rings is 4. The van der Waals surface area contributed by atoms with Gasteiger partial charge in [0.2, 0.25) is 11.8 Å². The van der Waals surface area contributed by atoms with Gasteiger partial charge in [-0.15, -0.1) is 11.8 Å². The number of fused-ring (bicyclic) bond motifs is 9. The number of aliphatic hydroxyl groups excluding tert-OH is 2. The predicted molar refractivity (Wildman–Crippen MR) is 329 cm³/mol. The van der Waals surface area contributed by atoms with E-state index in [0.717, 1.165) is 0 Å². The minimum Gasteiger partial charge on any atom is -0.394 e. The Bertz CT molecular complexity index is 4870. The summed E-state index contributed by atoms with van der Waals surface area (Å²) in [5.74, 6) is 0.0711. The van der Waals surface area contributed by atoms with Crippen molar-refractivity contribution in [3.8, 4) is 44.5 Å². The summed E-state index contributed by atoms with van der Waals surface area (Å²) in [6.45, 7) is 0.0178. The van der Waals surface area contributed by atoms with Crippen molar-refractivity contribution in [3.05, 3.63) is 157 Å². The number of imidazole rings is 1. The number of hydrogen-bond acceptors (Lipinski definition) is 18. The van der Waals surface area contributed by atoms with Gasteiger partial charge in [0, 0.05) is 69.5 Å². The van der Waals surface area contributed by atoms with Gasteiger partial charge in [-0.1, -0.05) is 48.5 Å². The molecule has 88 heavy (non-hydrogen) atoms. The fourth-order valence-corrected chi connectivity index (χ4v) is 13.6. The van der Waals surface area contributed by atoms with Gasteiger partial charge >= 0.3 is 0 Å². The van der Waals surface area contributed by atoms with E-state index in [1.165, 1.54) is 102 Å². The number of hydrogen-bond donors (Lipinski definition) is 8. The summed E-state index contributed by atoms with van der Waals surface area (Å²) < 4.78 is 111. The first-order chi connectivity index (χ1) is 42.2. The van der Waals surface area contributed by atoms with E-state index in [4.69, 9.17) is 14.7 Å². The lowest BCUT2D eigenvalue weighted by atomic mass is 10.0. The van der Waals surface area contributed by atoms with Gasteiger partial charge in [-0.2, -0.15) is 25.3 Å². The number of thioether (sulfide) groups is 1. The van der Waals surface area contributed by atoms with Gasteiger partial charge in [-0.3, -0.25) is 27.8 Å². The molecule has 446 valence electrons. The van der Waals surface area contributed by atoms with Crippen molar-refractivity contribution in [2.75, 3.05) is 29.1 Å². The van der Waals surface area contributed by atoms with Crippen LogP contribution in [0, 0.1) is 0 Å². The molecule has 0 saturated carbocycles. The van der Waals surface area contributed by atoms with E-state index in [0.29, 0.717) is 124 Å². The highest BCUT2D eigenvalue weighted by molar-refractivity contribution is 8.00. The third-order valence-corrected chi connectivity index (χ3v) is 19.2. The highest BCUT2D eigenvalue weighted by atomic mass is 32.2.